The van der Waals surface area contributed by atoms with E-state index in [0.717, 1.165) is 27.7 Å². The van der Waals surface area contributed by atoms with Crippen molar-refractivity contribution in [2.24, 2.45) is 0 Å². The summed E-state index contributed by atoms with van der Waals surface area (Å²) in [6.45, 7) is 3.74. The van der Waals surface area contributed by atoms with Crippen molar-refractivity contribution in [2.75, 3.05) is 5.32 Å². The second-order valence-corrected chi connectivity index (χ2v) is 9.51. The summed E-state index contributed by atoms with van der Waals surface area (Å²) in [5, 5.41) is 23.9. The van der Waals surface area contributed by atoms with E-state index in [1.165, 1.54) is 23.9 Å². The number of aryl methyl sites for hydroxylation is 1. The van der Waals surface area contributed by atoms with Gasteiger partial charge in [0.05, 0.1) is 15.9 Å². The second kappa shape index (κ2) is 9.67. The number of nitro groups is 1. The minimum Gasteiger partial charge on any atom is -0.360 e. The van der Waals surface area contributed by atoms with E-state index >= 15 is 0 Å². The van der Waals surface area contributed by atoms with Crippen LogP contribution >= 0.6 is 11.8 Å². The molecule has 0 aliphatic heterocycles. The Hall–Kier alpha value is -4.44. The molecule has 0 radical (unpaired) electrons. The molecule has 5 rings (SSSR count). The third-order valence-electron chi connectivity index (χ3n) is 5.83. The fourth-order valence-electron chi connectivity index (χ4n) is 3.99. The van der Waals surface area contributed by atoms with Crippen LogP contribution in [0.2, 0.25) is 0 Å². The van der Waals surface area contributed by atoms with Crippen molar-refractivity contribution < 1.29 is 9.72 Å². The van der Waals surface area contributed by atoms with Crippen molar-refractivity contribution in [3.63, 3.8) is 0 Å². The third-order valence-corrected chi connectivity index (χ3v) is 6.87. The van der Waals surface area contributed by atoms with Crippen molar-refractivity contribution in [3.05, 3.63) is 94.7 Å². The predicted molar refractivity (Wildman–Crippen MR) is 140 cm³/mol. The van der Waals surface area contributed by atoms with Crippen LogP contribution in [0.25, 0.3) is 28.0 Å². The molecular weight excluding hydrogens is 476 g/mol. The number of amides is 1. The normalized spacial score (nSPS) is 11.9. The Balaban J connectivity index is 1.52. The van der Waals surface area contributed by atoms with Crippen LogP contribution in [0.1, 0.15) is 12.5 Å². The average Bonchev–Trinajstić information content (AvgIpc) is 3.48. The molecule has 36 heavy (non-hydrogen) atoms. The molecule has 0 aliphatic rings. The predicted octanol–water partition coefficient (Wildman–Crippen LogP) is 5.75. The SMILES string of the molecule is Cc1ccccc1-n1c(SC(C)C(=O)Nc2ccccc2[N+](=O)[O-])nnc1-c1c[nH]c2ccccc12. The maximum atomic E-state index is 13.0. The lowest BCUT2D eigenvalue weighted by Crippen LogP contribution is -2.23. The molecule has 2 heterocycles. The van der Waals surface area contributed by atoms with E-state index in [2.05, 4.69) is 20.5 Å². The maximum Gasteiger partial charge on any atom is 0.292 e. The van der Waals surface area contributed by atoms with Gasteiger partial charge in [0.15, 0.2) is 11.0 Å². The van der Waals surface area contributed by atoms with Crippen LogP contribution < -0.4 is 5.32 Å². The Bertz CT molecular complexity index is 1590. The van der Waals surface area contributed by atoms with Gasteiger partial charge in [-0.3, -0.25) is 19.5 Å². The highest BCUT2D eigenvalue weighted by atomic mass is 32.2. The number of carbonyl (C=O) groups excluding carboxylic acids is 1. The topological polar surface area (TPSA) is 119 Å². The number of rotatable bonds is 7. The van der Waals surface area contributed by atoms with E-state index in [1.807, 2.05) is 66.2 Å². The summed E-state index contributed by atoms with van der Waals surface area (Å²) < 4.78 is 1.95. The van der Waals surface area contributed by atoms with Crippen molar-refractivity contribution >= 4 is 39.9 Å². The number of benzene rings is 3. The molecule has 3 aromatic carbocycles. The zero-order chi connectivity index (χ0) is 25.2. The van der Waals surface area contributed by atoms with Crippen LogP contribution in [-0.2, 0) is 4.79 Å². The first-order valence-electron chi connectivity index (χ1n) is 11.2. The molecule has 2 N–H and O–H groups in total. The van der Waals surface area contributed by atoms with Gasteiger partial charge >= 0.3 is 0 Å². The fraction of sp³-hybridized carbons (Fsp3) is 0.115. The Kier molecular flexibility index (Phi) is 6.26. The number of carbonyl (C=O) groups is 1. The van der Waals surface area contributed by atoms with Gasteiger partial charge in [-0.1, -0.05) is 60.3 Å². The van der Waals surface area contributed by atoms with E-state index in [0.29, 0.717) is 11.0 Å². The number of thioether (sulfide) groups is 1. The van der Waals surface area contributed by atoms with Crippen molar-refractivity contribution in [3.8, 4) is 17.1 Å². The summed E-state index contributed by atoms with van der Waals surface area (Å²) in [6, 6.07) is 21.9. The van der Waals surface area contributed by atoms with Crippen LogP contribution in [0.4, 0.5) is 11.4 Å². The molecule has 0 bridgehead atoms. The number of hydrogen-bond donors (Lipinski definition) is 2. The lowest BCUT2D eigenvalue weighted by atomic mass is 10.1. The number of aromatic nitrogens is 4. The number of nitrogens with zero attached hydrogens (tertiary/aromatic N) is 4. The number of anilines is 1. The van der Waals surface area contributed by atoms with Gasteiger partial charge in [-0.05, 0) is 37.6 Å². The van der Waals surface area contributed by atoms with Gasteiger partial charge in [-0.25, -0.2) is 0 Å². The van der Waals surface area contributed by atoms with Gasteiger partial charge in [0.1, 0.15) is 5.69 Å². The molecule has 0 aliphatic carbocycles. The van der Waals surface area contributed by atoms with Crippen LogP contribution in [-0.4, -0.2) is 35.8 Å². The number of nitro benzene ring substituents is 1. The van der Waals surface area contributed by atoms with Gasteiger partial charge in [0.2, 0.25) is 5.91 Å². The summed E-state index contributed by atoms with van der Waals surface area (Å²) >= 11 is 1.24. The third kappa shape index (κ3) is 4.34. The lowest BCUT2D eigenvalue weighted by Gasteiger charge is -2.15. The van der Waals surface area contributed by atoms with Gasteiger partial charge in [0, 0.05) is 28.7 Å². The molecule has 10 heteroatoms. The minimum atomic E-state index is -0.604. The van der Waals surface area contributed by atoms with Crippen molar-refractivity contribution in [1.82, 2.24) is 19.7 Å². The number of fused-ring (bicyclic) bond motifs is 1. The molecule has 9 nitrogen and oxygen atoms in total. The van der Waals surface area contributed by atoms with Gasteiger partial charge in [-0.15, -0.1) is 10.2 Å². The molecular formula is C26H22N6O3S. The zero-order valence-corrected chi connectivity index (χ0v) is 20.3. The smallest absolute Gasteiger partial charge is 0.292 e. The number of hydrogen-bond acceptors (Lipinski definition) is 6. The first-order chi connectivity index (χ1) is 17.4. The molecule has 5 aromatic rings. The standard InChI is InChI=1S/C26H22N6O3S/c1-16-9-3-7-13-22(16)31-24(19-15-27-20-11-5-4-10-18(19)20)29-30-26(31)36-17(2)25(33)28-21-12-6-8-14-23(21)32(34)35/h3-15,17,27H,1-2H3,(H,28,33). The highest BCUT2D eigenvalue weighted by Crippen LogP contribution is 2.35. The van der Waals surface area contributed by atoms with E-state index in [9.17, 15) is 14.9 Å². The van der Waals surface area contributed by atoms with Crippen LogP contribution in [0.3, 0.4) is 0 Å². The van der Waals surface area contributed by atoms with Crippen LogP contribution in [0, 0.1) is 17.0 Å². The quantitative estimate of drug-likeness (QED) is 0.167. The minimum absolute atomic E-state index is 0.153. The van der Waals surface area contributed by atoms with Crippen molar-refractivity contribution in [2.45, 2.75) is 24.3 Å². The zero-order valence-electron chi connectivity index (χ0n) is 19.5. The number of H-pyrrole nitrogens is 1. The Labute approximate surface area is 210 Å². The lowest BCUT2D eigenvalue weighted by molar-refractivity contribution is -0.383. The molecule has 0 saturated heterocycles. The summed E-state index contributed by atoms with van der Waals surface area (Å²) in [5.41, 5.74) is 3.80. The Morgan fingerprint density at radius 2 is 1.78 bits per heavy atom. The largest absolute Gasteiger partial charge is 0.360 e. The molecule has 0 spiro atoms. The summed E-state index contributed by atoms with van der Waals surface area (Å²) in [7, 11) is 0. The van der Waals surface area contributed by atoms with Gasteiger partial charge in [0.25, 0.3) is 5.69 Å². The Morgan fingerprint density at radius 1 is 1.06 bits per heavy atom. The first-order valence-corrected chi connectivity index (χ1v) is 12.1. The molecule has 1 unspecified atom stereocenters. The summed E-state index contributed by atoms with van der Waals surface area (Å²) in [5.74, 6) is 0.276. The van der Waals surface area contributed by atoms with Crippen LogP contribution in [0.15, 0.2) is 84.1 Å². The van der Waals surface area contributed by atoms with Gasteiger partial charge in [-0.2, -0.15) is 0 Å². The first kappa shape index (κ1) is 23.3. The van der Waals surface area contributed by atoms with Gasteiger partial charge < -0.3 is 10.3 Å². The molecule has 0 fully saturated rings. The molecule has 1 amide bonds. The summed E-state index contributed by atoms with van der Waals surface area (Å²) in [4.78, 5) is 27.1. The highest BCUT2D eigenvalue weighted by Gasteiger charge is 2.25. The molecule has 0 saturated carbocycles. The van der Waals surface area contributed by atoms with Crippen molar-refractivity contribution in [1.29, 1.82) is 0 Å². The molecule has 1 atom stereocenters. The molecule has 2 aromatic heterocycles. The average molecular weight is 499 g/mol. The number of nitrogens with one attached hydrogen (secondary N) is 2. The number of para-hydroxylation sites is 4. The van der Waals surface area contributed by atoms with Crippen LogP contribution in [0.5, 0.6) is 0 Å². The van der Waals surface area contributed by atoms with E-state index < -0.39 is 10.2 Å². The maximum absolute atomic E-state index is 13.0. The number of aromatic amines is 1. The monoisotopic (exact) mass is 498 g/mol. The summed E-state index contributed by atoms with van der Waals surface area (Å²) in [6.07, 6.45) is 1.91. The molecule has 180 valence electrons. The van der Waals surface area contributed by atoms with E-state index in [-0.39, 0.29) is 17.3 Å². The highest BCUT2D eigenvalue weighted by molar-refractivity contribution is 8.00. The van der Waals surface area contributed by atoms with E-state index in [1.54, 1.807) is 19.1 Å². The second-order valence-electron chi connectivity index (χ2n) is 8.20. The Morgan fingerprint density at radius 3 is 2.58 bits per heavy atom. The van der Waals surface area contributed by atoms with E-state index in [4.69, 9.17) is 0 Å². The fourth-order valence-corrected chi connectivity index (χ4v) is 4.85.